The van der Waals surface area contributed by atoms with E-state index in [1.807, 2.05) is 23.1 Å². The van der Waals surface area contributed by atoms with Gasteiger partial charge < -0.3 is 15.5 Å². The molecule has 1 aliphatic rings. The zero-order valence-corrected chi connectivity index (χ0v) is 18.9. The van der Waals surface area contributed by atoms with Gasteiger partial charge >= 0.3 is 0 Å². The lowest BCUT2D eigenvalue weighted by atomic mass is 10.1. The Bertz CT molecular complexity index is 762. The summed E-state index contributed by atoms with van der Waals surface area (Å²) >= 11 is 1.79. The number of aliphatic imine (C=N–C) groups is 1. The topological polar surface area (TPSA) is 56.7 Å². The molecule has 0 fully saturated rings. The summed E-state index contributed by atoms with van der Waals surface area (Å²) < 4.78 is 0. The maximum Gasteiger partial charge on any atom is 0.224 e. The van der Waals surface area contributed by atoms with Crippen LogP contribution in [0.4, 0.5) is 0 Å². The molecular weight excluding hydrogens is 471 g/mol. The molecule has 1 amide bonds. The second kappa shape index (κ2) is 10.7. The van der Waals surface area contributed by atoms with Crippen molar-refractivity contribution in [2.24, 2.45) is 4.99 Å². The predicted octanol–water partition coefficient (Wildman–Crippen LogP) is 3.57. The first-order chi connectivity index (χ1) is 12.7. The summed E-state index contributed by atoms with van der Waals surface area (Å²) in [6.45, 7) is 4.24. The smallest absolute Gasteiger partial charge is 0.224 e. The fourth-order valence-corrected chi connectivity index (χ4v) is 4.02. The number of halogens is 1. The highest BCUT2D eigenvalue weighted by atomic mass is 127. The van der Waals surface area contributed by atoms with Crippen LogP contribution in [0, 0.1) is 0 Å². The van der Waals surface area contributed by atoms with Crippen LogP contribution in [0.5, 0.6) is 0 Å². The quantitative estimate of drug-likeness (QED) is 0.377. The minimum Gasteiger partial charge on any atom is -0.356 e. The fourth-order valence-electron chi connectivity index (χ4n) is 3.13. The van der Waals surface area contributed by atoms with Crippen LogP contribution < -0.4 is 10.6 Å². The lowest BCUT2D eigenvalue weighted by Gasteiger charge is -2.27. The van der Waals surface area contributed by atoms with Gasteiger partial charge in [-0.2, -0.15) is 0 Å². The van der Waals surface area contributed by atoms with Crippen molar-refractivity contribution in [3.05, 3.63) is 57.8 Å². The molecule has 146 valence electrons. The summed E-state index contributed by atoms with van der Waals surface area (Å²) in [5, 5.41) is 8.72. The van der Waals surface area contributed by atoms with Crippen molar-refractivity contribution >= 4 is 47.2 Å². The van der Waals surface area contributed by atoms with Gasteiger partial charge in [0, 0.05) is 38.0 Å². The second-order valence-electron chi connectivity index (χ2n) is 6.46. The highest BCUT2D eigenvalue weighted by Gasteiger charge is 2.21. The zero-order valence-electron chi connectivity index (χ0n) is 15.8. The average molecular weight is 498 g/mol. The molecule has 1 aliphatic heterocycles. The van der Waals surface area contributed by atoms with E-state index < -0.39 is 0 Å². The standard InChI is InChI=1S/C20H26N4OS.HI/c1-15(16-6-4-3-5-7-16)23-20(21-2)22-11-8-19(25)24-12-9-18-17(14-24)10-13-26-18;/h3-7,10,13,15H,8-9,11-12,14H2,1-2H3,(H2,21,22,23);1H. The monoisotopic (exact) mass is 498 g/mol. The van der Waals surface area contributed by atoms with Crippen molar-refractivity contribution in [1.82, 2.24) is 15.5 Å². The molecule has 1 aromatic heterocycles. The molecule has 0 saturated heterocycles. The number of nitrogens with zero attached hydrogens (tertiary/aromatic N) is 2. The van der Waals surface area contributed by atoms with Crippen LogP contribution in [-0.4, -0.2) is 36.9 Å². The molecule has 2 N–H and O–H groups in total. The van der Waals surface area contributed by atoms with Gasteiger partial charge in [-0.1, -0.05) is 30.3 Å². The van der Waals surface area contributed by atoms with Crippen molar-refractivity contribution in [2.45, 2.75) is 32.4 Å². The summed E-state index contributed by atoms with van der Waals surface area (Å²) in [5.74, 6) is 0.911. The van der Waals surface area contributed by atoms with Crippen LogP contribution in [0.2, 0.25) is 0 Å². The lowest BCUT2D eigenvalue weighted by Crippen LogP contribution is -2.41. The minimum atomic E-state index is 0. The van der Waals surface area contributed by atoms with Gasteiger partial charge in [0.15, 0.2) is 5.96 Å². The van der Waals surface area contributed by atoms with Crippen LogP contribution >= 0.6 is 35.3 Å². The van der Waals surface area contributed by atoms with Crippen LogP contribution in [0.25, 0.3) is 0 Å². The number of carbonyl (C=O) groups is 1. The molecule has 1 atom stereocenters. The normalized spacial score (nSPS) is 14.7. The first-order valence-electron chi connectivity index (χ1n) is 9.02. The minimum absolute atomic E-state index is 0. The molecule has 1 aromatic carbocycles. The Labute approximate surface area is 182 Å². The lowest BCUT2D eigenvalue weighted by molar-refractivity contribution is -0.131. The highest BCUT2D eigenvalue weighted by molar-refractivity contribution is 14.0. The largest absolute Gasteiger partial charge is 0.356 e. The maximum absolute atomic E-state index is 12.5. The summed E-state index contributed by atoms with van der Waals surface area (Å²) in [7, 11) is 1.75. The van der Waals surface area contributed by atoms with Gasteiger partial charge in [-0.15, -0.1) is 35.3 Å². The van der Waals surface area contributed by atoms with Gasteiger partial charge in [0.2, 0.25) is 5.91 Å². The number of carbonyl (C=O) groups excluding carboxylic acids is 1. The van der Waals surface area contributed by atoms with Crippen molar-refractivity contribution in [2.75, 3.05) is 20.1 Å². The summed E-state index contributed by atoms with van der Waals surface area (Å²) in [6, 6.07) is 12.5. The summed E-state index contributed by atoms with van der Waals surface area (Å²) in [5.41, 5.74) is 2.50. The van der Waals surface area contributed by atoms with E-state index in [1.54, 1.807) is 18.4 Å². The van der Waals surface area contributed by atoms with Crippen LogP contribution in [-0.2, 0) is 17.8 Å². The number of hydrogen-bond donors (Lipinski definition) is 2. The summed E-state index contributed by atoms with van der Waals surface area (Å²) in [4.78, 5) is 20.1. The molecule has 3 rings (SSSR count). The number of amides is 1. The van der Waals surface area contributed by atoms with E-state index in [0.29, 0.717) is 18.9 Å². The Morgan fingerprint density at radius 1 is 1.30 bits per heavy atom. The molecule has 0 aliphatic carbocycles. The predicted molar refractivity (Wildman–Crippen MR) is 123 cm³/mol. The van der Waals surface area contributed by atoms with Crippen molar-refractivity contribution in [1.29, 1.82) is 0 Å². The van der Waals surface area contributed by atoms with Gasteiger partial charge in [0.25, 0.3) is 0 Å². The van der Waals surface area contributed by atoms with E-state index in [9.17, 15) is 4.79 Å². The van der Waals surface area contributed by atoms with Gasteiger partial charge in [-0.25, -0.2) is 0 Å². The maximum atomic E-state index is 12.5. The summed E-state index contributed by atoms with van der Waals surface area (Å²) in [6.07, 6.45) is 1.45. The Kier molecular flexibility index (Phi) is 8.56. The van der Waals surface area contributed by atoms with E-state index >= 15 is 0 Å². The number of nitrogens with one attached hydrogen (secondary N) is 2. The number of thiophene rings is 1. The SMILES string of the molecule is CN=C(NCCC(=O)N1CCc2sccc2C1)NC(C)c1ccccc1.I. The second-order valence-corrected chi connectivity index (χ2v) is 7.46. The molecule has 0 radical (unpaired) electrons. The molecule has 2 aromatic rings. The number of hydrogen-bond acceptors (Lipinski definition) is 3. The average Bonchev–Trinajstić information content (AvgIpc) is 3.15. The zero-order chi connectivity index (χ0) is 18.4. The van der Waals surface area contributed by atoms with E-state index in [0.717, 1.165) is 19.5 Å². The molecule has 27 heavy (non-hydrogen) atoms. The molecule has 0 bridgehead atoms. The third kappa shape index (κ3) is 5.93. The number of fused-ring (bicyclic) bond motifs is 1. The van der Waals surface area contributed by atoms with Gasteiger partial charge in [0.05, 0.1) is 6.04 Å². The molecular formula is C20H27IN4OS. The molecule has 7 heteroatoms. The van der Waals surface area contributed by atoms with E-state index in [1.165, 1.54) is 16.0 Å². The molecule has 0 spiro atoms. The Balaban J connectivity index is 0.00000261. The highest BCUT2D eigenvalue weighted by Crippen LogP contribution is 2.24. The van der Waals surface area contributed by atoms with Gasteiger partial charge in [-0.3, -0.25) is 9.79 Å². The number of guanidine groups is 1. The molecule has 1 unspecified atom stereocenters. The number of benzene rings is 1. The van der Waals surface area contributed by atoms with Crippen LogP contribution in [0.3, 0.4) is 0 Å². The molecule has 0 saturated carbocycles. The Hall–Kier alpha value is -1.61. The molecule has 5 nitrogen and oxygen atoms in total. The van der Waals surface area contributed by atoms with E-state index in [-0.39, 0.29) is 35.9 Å². The first kappa shape index (κ1) is 21.7. The first-order valence-corrected chi connectivity index (χ1v) is 9.90. The van der Waals surface area contributed by atoms with Crippen LogP contribution in [0.1, 0.15) is 35.4 Å². The Morgan fingerprint density at radius 2 is 2.07 bits per heavy atom. The van der Waals surface area contributed by atoms with Crippen molar-refractivity contribution in [3.63, 3.8) is 0 Å². The fraction of sp³-hybridized carbons (Fsp3) is 0.400. The van der Waals surface area contributed by atoms with Gasteiger partial charge in [0.1, 0.15) is 0 Å². The Morgan fingerprint density at radius 3 is 2.81 bits per heavy atom. The number of rotatable bonds is 5. The van der Waals surface area contributed by atoms with E-state index in [2.05, 4.69) is 46.1 Å². The van der Waals surface area contributed by atoms with Crippen molar-refractivity contribution < 1.29 is 4.79 Å². The van der Waals surface area contributed by atoms with Gasteiger partial charge in [-0.05, 0) is 35.9 Å². The van der Waals surface area contributed by atoms with Crippen LogP contribution in [0.15, 0.2) is 46.8 Å². The third-order valence-electron chi connectivity index (χ3n) is 4.67. The van der Waals surface area contributed by atoms with Crippen molar-refractivity contribution in [3.8, 4) is 0 Å². The van der Waals surface area contributed by atoms with E-state index in [4.69, 9.17) is 0 Å². The molecule has 2 heterocycles. The third-order valence-corrected chi connectivity index (χ3v) is 5.69.